The molecule has 8 heteroatoms. The van der Waals surface area contributed by atoms with Crippen LogP contribution in [-0.4, -0.2) is 51.0 Å². The van der Waals surface area contributed by atoms with Crippen molar-refractivity contribution in [3.8, 4) is 0 Å². The van der Waals surface area contributed by atoms with E-state index < -0.39 is 0 Å². The molecule has 0 aliphatic carbocycles. The van der Waals surface area contributed by atoms with E-state index in [4.69, 9.17) is 0 Å². The Kier molecular flexibility index (Phi) is 7.69. The van der Waals surface area contributed by atoms with E-state index in [0.717, 1.165) is 42.2 Å². The van der Waals surface area contributed by atoms with E-state index in [-0.39, 0.29) is 23.8 Å². The Morgan fingerprint density at radius 2 is 2.07 bits per heavy atom. The zero-order valence-electron chi connectivity index (χ0n) is 17.1. The highest BCUT2D eigenvalue weighted by Crippen LogP contribution is 2.25. The van der Waals surface area contributed by atoms with Gasteiger partial charge in [-0.1, -0.05) is 37.2 Å². The van der Waals surface area contributed by atoms with Crippen LogP contribution in [0.1, 0.15) is 55.5 Å². The van der Waals surface area contributed by atoms with E-state index in [2.05, 4.69) is 34.3 Å². The smallest absolute Gasteiger partial charge is 0.254 e. The van der Waals surface area contributed by atoms with Gasteiger partial charge in [0, 0.05) is 30.4 Å². The number of nitrogens with zero attached hydrogens (tertiary/aromatic N) is 3. The van der Waals surface area contributed by atoms with Crippen LogP contribution in [0.4, 0.5) is 0 Å². The Hall–Kier alpha value is -2.35. The van der Waals surface area contributed by atoms with Crippen molar-refractivity contribution >= 4 is 23.6 Å². The number of nitrogens with one attached hydrogen (secondary N) is 2. The summed E-state index contributed by atoms with van der Waals surface area (Å²) in [6.45, 7) is 5.36. The molecule has 2 heterocycles. The predicted molar refractivity (Wildman–Crippen MR) is 114 cm³/mol. The van der Waals surface area contributed by atoms with Gasteiger partial charge in [0.15, 0.2) is 5.16 Å². The third kappa shape index (κ3) is 5.82. The van der Waals surface area contributed by atoms with E-state index in [1.165, 1.54) is 6.33 Å². The number of thioether (sulfide) groups is 1. The molecule has 1 fully saturated rings. The van der Waals surface area contributed by atoms with Gasteiger partial charge < -0.3 is 10.2 Å². The maximum absolute atomic E-state index is 13.1. The Bertz CT molecular complexity index is 794. The lowest BCUT2D eigenvalue weighted by Crippen LogP contribution is -2.49. The summed E-state index contributed by atoms with van der Waals surface area (Å²) in [6, 6.07) is 7.83. The molecule has 7 nitrogen and oxygen atoms in total. The van der Waals surface area contributed by atoms with Gasteiger partial charge in [-0.3, -0.25) is 14.7 Å². The number of hydrogen-bond acceptors (Lipinski definition) is 5. The van der Waals surface area contributed by atoms with Gasteiger partial charge in [0.2, 0.25) is 5.91 Å². The number of aromatic nitrogens is 3. The van der Waals surface area contributed by atoms with E-state index in [1.54, 1.807) is 11.8 Å². The molecule has 1 aromatic carbocycles. The van der Waals surface area contributed by atoms with Gasteiger partial charge in [0.1, 0.15) is 6.33 Å². The van der Waals surface area contributed by atoms with Crippen molar-refractivity contribution in [2.24, 2.45) is 5.92 Å². The Labute approximate surface area is 176 Å². The number of benzene rings is 1. The maximum Gasteiger partial charge on any atom is 0.254 e. The molecule has 2 atom stereocenters. The van der Waals surface area contributed by atoms with Gasteiger partial charge in [-0.15, -0.1) is 0 Å². The second kappa shape index (κ2) is 10.4. The topological polar surface area (TPSA) is 91.0 Å². The first-order valence-corrected chi connectivity index (χ1v) is 11.2. The number of likely N-dealkylation sites (tertiary alicyclic amines) is 1. The number of amides is 2. The number of hydrogen-bond donors (Lipinski definition) is 2. The largest absolute Gasteiger partial charge is 0.356 e. The van der Waals surface area contributed by atoms with Gasteiger partial charge in [-0.2, -0.15) is 5.10 Å². The Morgan fingerprint density at radius 1 is 1.28 bits per heavy atom. The number of carbonyl (C=O) groups excluding carboxylic acids is 2. The average molecular weight is 416 g/mol. The van der Waals surface area contributed by atoms with Crippen LogP contribution in [0.5, 0.6) is 0 Å². The van der Waals surface area contributed by atoms with Gasteiger partial charge in [-0.05, 0) is 43.9 Å². The summed E-state index contributed by atoms with van der Waals surface area (Å²) in [5.41, 5.74) is 1.78. The first kappa shape index (κ1) is 21.4. The maximum atomic E-state index is 13.1. The summed E-state index contributed by atoms with van der Waals surface area (Å²) < 4.78 is 0. The molecular weight excluding hydrogens is 386 g/mol. The highest BCUT2D eigenvalue weighted by Gasteiger charge is 2.32. The van der Waals surface area contributed by atoms with Crippen LogP contribution < -0.4 is 5.32 Å². The SMILES string of the molecule is CCCCNC(=O)C1CCC(C)N(C(=O)c2ccc(CSc3ncn[nH]3)cc2)C1. The number of unbranched alkanes of at least 4 members (excludes halogenated alkanes) is 1. The van der Waals surface area contributed by atoms with Crippen LogP contribution in [-0.2, 0) is 10.5 Å². The first-order chi connectivity index (χ1) is 14.1. The van der Waals surface area contributed by atoms with Crippen LogP contribution in [0.15, 0.2) is 35.7 Å². The minimum absolute atomic E-state index is 0.00186. The molecule has 156 valence electrons. The lowest BCUT2D eigenvalue weighted by Gasteiger charge is -2.37. The molecule has 2 amide bonds. The van der Waals surface area contributed by atoms with E-state index >= 15 is 0 Å². The fourth-order valence-corrected chi connectivity index (χ4v) is 4.20. The summed E-state index contributed by atoms with van der Waals surface area (Å²) in [4.78, 5) is 31.4. The molecule has 2 aromatic rings. The van der Waals surface area contributed by atoms with E-state index in [0.29, 0.717) is 18.7 Å². The van der Waals surface area contributed by atoms with Crippen molar-refractivity contribution in [3.05, 3.63) is 41.7 Å². The molecule has 0 spiro atoms. The summed E-state index contributed by atoms with van der Waals surface area (Å²) >= 11 is 1.57. The third-order valence-electron chi connectivity index (χ3n) is 5.31. The molecule has 2 unspecified atom stereocenters. The Morgan fingerprint density at radius 3 is 2.76 bits per heavy atom. The van der Waals surface area contributed by atoms with Crippen molar-refractivity contribution in [3.63, 3.8) is 0 Å². The summed E-state index contributed by atoms with van der Waals surface area (Å²) in [7, 11) is 0. The zero-order valence-corrected chi connectivity index (χ0v) is 17.9. The van der Waals surface area contributed by atoms with Crippen molar-refractivity contribution < 1.29 is 9.59 Å². The molecule has 1 saturated heterocycles. The normalized spacial score (nSPS) is 19.2. The summed E-state index contributed by atoms with van der Waals surface area (Å²) in [6.07, 6.45) is 5.21. The monoisotopic (exact) mass is 415 g/mol. The van der Waals surface area contributed by atoms with Crippen molar-refractivity contribution in [2.45, 2.75) is 56.5 Å². The van der Waals surface area contributed by atoms with Gasteiger partial charge >= 0.3 is 0 Å². The number of aromatic amines is 1. The molecule has 1 aromatic heterocycles. The third-order valence-corrected chi connectivity index (χ3v) is 6.26. The molecule has 0 bridgehead atoms. The van der Waals surface area contributed by atoms with Crippen molar-refractivity contribution in [1.82, 2.24) is 25.4 Å². The van der Waals surface area contributed by atoms with Gasteiger partial charge in [0.05, 0.1) is 5.92 Å². The van der Waals surface area contributed by atoms with Crippen LogP contribution in [0.25, 0.3) is 0 Å². The molecule has 29 heavy (non-hydrogen) atoms. The highest BCUT2D eigenvalue weighted by atomic mass is 32.2. The van der Waals surface area contributed by atoms with Crippen LogP contribution >= 0.6 is 11.8 Å². The number of rotatable bonds is 8. The minimum atomic E-state index is -0.121. The van der Waals surface area contributed by atoms with Crippen molar-refractivity contribution in [2.75, 3.05) is 13.1 Å². The van der Waals surface area contributed by atoms with Gasteiger partial charge in [-0.25, -0.2) is 4.98 Å². The Balaban J connectivity index is 1.58. The molecule has 0 saturated carbocycles. The first-order valence-electron chi connectivity index (χ1n) is 10.2. The fraction of sp³-hybridized carbons (Fsp3) is 0.524. The van der Waals surface area contributed by atoms with Crippen LogP contribution in [0.2, 0.25) is 0 Å². The van der Waals surface area contributed by atoms with Crippen LogP contribution in [0.3, 0.4) is 0 Å². The number of H-pyrrole nitrogens is 1. The second-order valence-corrected chi connectivity index (χ2v) is 8.47. The van der Waals surface area contributed by atoms with E-state index in [1.807, 2.05) is 29.2 Å². The molecule has 0 radical (unpaired) electrons. The molecule has 3 rings (SSSR count). The second-order valence-electron chi connectivity index (χ2n) is 7.50. The molecular formula is C21H29N5O2S. The molecule has 2 N–H and O–H groups in total. The number of piperidine rings is 1. The average Bonchev–Trinajstić information content (AvgIpc) is 3.26. The predicted octanol–water partition coefficient (Wildman–Crippen LogP) is 3.25. The summed E-state index contributed by atoms with van der Waals surface area (Å²) in [5, 5.41) is 10.4. The standard InChI is InChI=1S/C21H29N5O2S/c1-3-4-11-22-19(27)18-8-5-15(2)26(12-18)20(28)17-9-6-16(7-10-17)13-29-21-23-14-24-25-21/h6-7,9-10,14-15,18H,3-5,8,11-13H2,1-2H3,(H,22,27)(H,23,24,25). The molecule has 1 aliphatic heterocycles. The zero-order chi connectivity index (χ0) is 20.6. The fourth-order valence-electron chi connectivity index (χ4n) is 3.46. The molecule has 1 aliphatic rings. The minimum Gasteiger partial charge on any atom is -0.356 e. The highest BCUT2D eigenvalue weighted by molar-refractivity contribution is 7.98. The van der Waals surface area contributed by atoms with Crippen LogP contribution in [0, 0.1) is 5.92 Å². The summed E-state index contributed by atoms with van der Waals surface area (Å²) in [5.74, 6) is 0.703. The quantitative estimate of drug-likeness (QED) is 0.510. The van der Waals surface area contributed by atoms with Crippen molar-refractivity contribution in [1.29, 1.82) is 0 Å². The lowest BCUT2D eigenvalue weighted by atomic mass is 9.92. The van der Waals surface area contributed by atoms with Gasteiger partial charge in [0.25, 0.3) is 5.91 Å². The van der Waals surface area contributed by atoms with E-state index in [9.17, 15) is 9.59 Å². The lowest BCUT2D eigenvalue weighted by molar-refractivity contribution is -0.126. The number of carbonyl (C=O) groups is 2.